The summed E-state index contributed by atoms with van der Waals surface area (Å²) in [6, 6.07) is 2.18. The van der Waals surface area contributed by atoms with Gasteiger partial charge in [0, 0.05) is 5.88 Å². The number of rotatable bonds is 5. The predicted octanol–water partition coefficient (Wildman–Crippen LogP) is 3.87. The molecule has 1 aromatic heterocycles. The fraction of sp³-hybridized carbons (Fsp3) is 0.400. The third kappa shape index (κ3) is 3.93. The number of aryl methyl sites for hydroxylation is 1. The summed E-state index contributed by atoms with van der Waals surface area (Å²) in [5.41, 5.74) is 1.44. The molecule has 2 heteroatoms. The average Bonchev–Trinajstić information content (AvgIpc) is 2.57. The Bertz CT molecular complexity index is 214. The third-order valence-electron chi connectivity index (χ3n) is 1.62. The van der Waals surface area contributed by atoms with E-state index in [1.165, 1.54) is 5.56 Å². The van der Waals surface area contributed by atoms with Crippen LogP contribution in [0.1, 0.15) is 18.4 Å². The van der Waals surface area contributed by atoms with Gasteiger partial charge in [-0.15, -0.1) is 11.6 Å². The van der Waals surface area contributed by atoms with Gasteiger partial charge in [-0.05, 0) is 41.7 Å². The molecular weight excluding hydrogens is 188 g/mol. The highest BCUT2D eigenvalue weighted by molar-refractivity contribution is 7.07. The molecule has 0 amide bonds. The molecule has 0 aliphatic carbocycles. The molecule has 0 atom stereocenters. The molecule has 0 nitrogen and oxygen atoms in total. The minimum absolute atomic E-state index is 0.731. The van der Waals surface area contributed by atoms with Crippen LogP contribution in [-0.4, -0.2) is 5.88 Å². The van der Waals surface area contributed by atoms with Crippen molar-refractivity contribution in [2.75, 3.05) is 5.88 Å². The summed E-state index contributed by atoms with van der Waals surface area (Å²) in [5, 5.41) is 4.33. The zero-order chi connectivity index (χ0) is 8.65. The first-order valence-electron chi connectivity index (χ1n) is 4.15. The van der Waals surface area contributed by atoms with Gasteiger partial charge in [-0.2, -0.15) is 11.3 Å². The summed E-state index contributed by atoms with van der Waals surface area (Å²) in [6.45, 7) is 0. The lowest BCUT2D eigenvalue weighted by Gasteiger charge is -1.90. The zero-order valence-electron chi connectivity index (χ0n) is 7.00. The van der Waals surface area contributed by atoms with Gasteiger partial charge in [-0.25, -0.2) is 0 Å². The van der Waals surface area contributed by atoms with E-state index in [1.54, 1.807) is 11.3 Å². The summed E-state index contributed by atoms with van der Waals surface area (Å²) >= 11 is 7.29. The maximum absolute atomic E-state index is 5.53. The van der Waals surface area contributed by atoms with E-state index in [9.17, 15) is 0 Å². The number of allylic oxidation sites excluding steroid dienone is 2. The highest BCUT2D eigenvalue weighted by Crippen LogP contribution is 2.08. The molecule has 0 aliphatic heterocycles. The van der Waals surface area contributed by atoms with Crippen LogP contribution in [0.5, 0.6) is 0 Å². The van der Waals surface area contributed by atoms with Gasteiger partial charge >= 0.3 is 0 Å². The van der Waals surface area contributed by atoms with Crippen LogP contribution in [0.4, 0.5) is 0 Å². The van der Waals surface area contributed by atoms with Crippen molar-refractivity contribution in [3.8, 4) is 0 Å². The smallest absolute Gasteiger partial charge is 0.0257 e. The van der Waals surface area contributed by atoms with E-state index in [0.29, 0.717) is 0 Å². The molecule has 0 aliphatic rings. The van der Waals surface area contributed by atoms with Crippen molar-refractivity contribution in [2.45, 2.75) is 19.3 Å². The fourth-order valence-corrected chi connectivity index (χ4v) is 1.81. The van der Waals surface area contributed by atoms with Crippen LogP contribution in [-0.2, 0) is 6.42 Å². The van der Waals surface area contributed by atoms with Crippen molar-refractivity contribution in [1.29, 1.82) is 0 Å². The standard InChI is InChI=1S/C10H13ClS/c11-7-4-2-1-3-5-10-6-8-12-9-10/h1-2,6,8-9H,3-5,7H2. The maximum Gasteiger partial charge on any atom is 0.0257 e. The molecular formula is C10H13ClS. The van der Waals surface area contributed by atoms with Gasteiger partial charge in [-0.1, -0.05) is 12.2 Å². The Balaban J connectivity index is 2.11. The SMILES string of the molecule is ClCCC=CCCc1ccsc1. The van der Waals surface area contributed by atoms with Gasteiger partial charge in [0.2, 0.25) is 0 Å². The van der Waals surface area contributed by atoms with Crippen LogP contribution in [0.3, 0.4) is 0 Å². The summed E-state index contributed by atoms with van der Waals surface area (Å²) in [7, 11) is 0. The Morgan fingerprint density at radius 1 is 1.33 bits per heavy atom. The molecule has 0 fully saturated rings. The fourth-order valence-electron chi connectivity index (χ4n) is 0.984. The van der Waals surface area contributed by atoms with Gasteiger partial charge in [0.1, 0.15) is 0 Å². The maximum atomic E-state index is 5.53. The minimum Gasteiger partial charge on any atom is -0.152 e. The van der Waals surface area contributed by atoms with Crippen molar-refractivity contribution in [3.05, 3.63) is 34.5 Å². The molecule has 0 unspecified atom stereocenters. The van der Waals surface area contributed by atoms with Crippen LogP contribution < -0.4 is 0 Å². The molecule has 1 rings (SSSR count). The molecule has 0 N–H and O–H groups in total. The van der Waals surface area contributed by atoms with Gasteiger partial charge < -0.3 is 0 Å². The van der Waals surface area contributed by atoms with Crippen molar-refractivity contribution >= 4 is 22.9 Å². The Hall–Kier alpha value is -0.270. The topological polar surface area (TPSA) is 0 Å². The van der Waals surface area contributed by atoms with Gasteiger partial charge in [-0.3, -0.25) is 0 Å². The van der Waals surface area contributed by atoms with Crippen LogP contribution in [0.25, 0.3) is 0 Å². The second-order valence-corrected chi connectivity index (χ2v) is 3.78. The number of hydrogen-bond donors (Lipinski definition) is 0. The highest BCUT2D eigenvalue weighted by atomic mass is 35.5. The Morgan fingerprint density at radius 2 is 2.17 bits per heavy atom. The van der Waals surface area contributed by atoms with Crippen LogP contribution in [0.15, 0.2) is 29.0 Å². The van der Waals surface area contributed by atoms with E-state index < -0.39 is 0 Å². The molecule has 0 aromatic carbocycles. The lowest BCUT2D eigenvalue weighted by Crippen LogP contribution is -1.77. The van der Waals surface area contributed by atoms with Gasteiger partial charge in [0.15, 0.2) is 0 Å². The van der Waals surface area contributed by atoms with E-state index in [-0.39, 0.29) is 0 Å². The Morgan fingerprint density at radius 3 is 2.83 bits per heavy atom. The number of thiophene rings is 1. The Labute approximate surface area is 82.9 Å². The van der Waals surface area contributed by atoms with Crippen molar-refractivity contribution in [1.82, 2.24) is 0 Å². The molecule has 0 saturated heterocycles. The monoisotopic (exact) mass is 200 g/mol. The normalized spacial score (nSPS) is 11.1. The van der Waals surface area contributed by atoms with E-state index in [0.717, 1.165) is 25.1 Å². The summed E-state index contributed by atoms with van der Waals surface area (Å²) < 4.78 is 0. The van der Waals surface area contributed by atoms with Gasteiger partial charge in [0.05, 0.1) is 0 Å². The Kier molecular flexibility index (Phi) is 5.13. The predicted molar refractivity (Wildman–Crippen MR) is 57.1 cm³/mol. The zero-order valence-corrected chi connectivity index (χ0v) is 8.57. The summed E-state index contributed by atoms with van der Waals surface area (Å²) in [6.07, 6.45) is 7.64. The molecule has 1 heterocycles. The number of hydrogen-bond acceptors (Lipinski definition) is 1. The lowest BCUT2D eigenvalue weighted by atomic mass is 10.2. The van der Waals surface area contributed by atoms with Crippen LogP contribution in [0, 0.1) is 0 Å². The average molecular weight is 201 g/mol. The molecule has 0 spiro atoms. The van der Waals surface area contributed by atoms with Gasteiger partial charge in [0.25, 0.3) is 0 Å². The van der Waals surface area contributed by atoms with Crippen molar-refractivity contribution in [2.24, 2.45) is 0 Å². The first kappa shape index (κ1) is 9.82. The summed E-state index contributed by atoms with van der Waals surface area (Å²) in [5.74, 6) is 0.731. The van der Waals surface area contributed by atoms with E-state index in [4.69, 9.17) is 11.6 Å². The van der Waals surface area contributed by atoms with Crippen LogP contribution >= 0.6 is 22.9 Å². The van der Waals surface area contributed by atoms with E-state index in [1.807, 2.05) is 0 Å². The van der Waals surface area contributed by atoms with Crippen LogP contribution in [0.2, 0.25) is 0 Å². The van der Waals surface area contributed by atoms with E-state index >= 15 is 0 Å². The first-order valence-corrected chi connectivity index (χ1v) is 5.63. The molecule has 12 heavy (non-hydrogen) atoms. The summed E-state index contributed by atoms with van der Waals surface area (Å²) in [4.78, 5) is 0. The minimum atomic E-state index is 0.731. The molecule has 0 radical (unpaired) electrons. The van der Waals surface area contributed by atoms with Crippen molar-refractivity contribution in [3.63, 3.8) is 0 Å². The third-order valence-corrected chi connectivity index (χ3v) is 2.57. The molecule has 0 bridgehead atoms. The number of alkyl halides is 1. The molecule has 0 saturated carbocycles. The molecule has 1 aromatic rings. The highest BCUT2D eigenvalue weighted by Gasteiger charge is 1.89. The second kappa shape index (κ2) is 6.27. The van der Waals surface area contributed by atoms with Crippen molar-refractivity contribution < 1.29 is 0 Å². The molecule has 66 valence electrons. The largest absolute Gasteiger partial charge is 0.152 e. The van der Waals surface area contributed by atoms with E-state index in [2.05, 4.69) is 29.0 Å². The lowest BCUT2D eigenvalue weighted by molar-refractivity contribution is 0.999. The second-order valence-electron chi connectivity index (χ2n) is 2.62. The first-order chi connectivity index (χ1) is 5.93. The quantitative estimate of drug-likeness (QED) is 0.500. The number of halogens is 1.